The quantitative estimate of drug-likeness (QED) is 0.789. The Balaban J connectivity index is 2.15. The zero-order valence-corrected chi connectivity index (χ0v) is 10.4. The average molecular weight is 272 g/mol. The summed E-state index contributed by atoms with van der Waals surface area (Å²) in [6.07, 6.45) is 1.37. The van der Waals surface area contributed by atoms with Crippen LogP contribution >= 0.6 is 11.3 Å². The molecule has 19 heavy (non-hydrogen) atoms. The Labute approximate surface area is 111 Å². The van der Waals surface area contributed by atoms with E-state index in [0.717, 1.165) is 10.4 Å². The molecule has 1 N–H and O–H groups in total. The minimum absolute atomic E-state index is 0.165. The lowest BCUT2D eigenvalue weighted by Gasteiger charge is -2.06. The van der Waals surface area contributed by atoms with Gasteiger partial charge in [-0.25, -0.2) is 4.79 Å². The van der Waals surface area contributed by atoms with E-state index in [2.05, 4.69) is 15.5 Å². The van der Waals surface area contributed by atoms with Crippen molar-refractivity contribution in [2.24, 2.45) is 0 Å². The van der Waals surface area contributed by atoms with Crippen LogP contribution in [0.5, 0.6) is 0 Å². The molecule has 6 nitrogen and oxygen atoms in total. The topological polar surface area (TPSA) is 80.9 Å². The zero-order chi connectivity index (χ0) is 13.2. The first kappa shape index (κ1) is 11.5. The van der Waals surface area contributed by atoms with Gasteiger partial charge in [0.05, 0.1) is 11.3 Å². The lowest BCUT2D eigenvalue weighted by Crippen LogP contribution is -2.06. The second-order valence-electron chi connectivity index (χ2n) is 3.77. The number of aromatic nitrogens is 4. The summed E-state index contributed by atoms with van der Waals surface area (Å²) in [5, 5.41) is 22.0. The van der Waals surface area contributed by atoms with Gasteiger partial charge in [0, 0.05) is 4.88 Å². The molecule has 0 bridgehead atoms. The summed E-state index contributed by atoms with van der Waals surface area (Å²) >= 11 is 1.56. The Morgan fingerprint density at radius 1 is 1.32 bits per heavy atom. The van der Waals surface area contributed by atoms with Crippen molar-refractivity contribution >= 4 is 17.3 Å². The number of carboxylic acids is 1. The molecule has 0 unspecified atom stereocenters. The monoisotopic (exact) mass is 272 g/mol. The Bertz CT molecular complexity index is 707. The maximum atomic E-state index is 11.4. The average Bonchev–Trinajstić information content (AvgIpc) is 3.11. The van der Waals surface area contributed by atoms with Crippen molar-refractivity contribution in [1.29, 1.82) is 0 Å². The first-order valence-electron chi connectivity index (χ1n) is 5.40. The first-order chi connectivity index (χ1) is 9.25. The van der Waals surface area contributed by atoms with E-state index < -0.39 is 5.97 Å². The van der Waals surface area contributed by atoms with Crippen LogP contribution in [-0.2, 0) is 0 Å². The standard InChI is InChI=1S/C12H8N4O2S/c17-12(18)9-6-8(11-2-1-5-19-11)3-4-10(9)16-7-13-14-15-16/h1-7H,(H,17,18). The third-order valence-electron chi connectivity index (χ3n) is 2.63. The molecule has 2 heterocycles. The number of hydrogen-bond acceptors (Lipinski definition) is 5. The van der Waals surface area contributed by atoms with Crippen LogP contribution in [0.2, 0.25) is 0 Å². The Kier molecular flexibility index (Phi) is 2.81. The van der Waals surface area contributed by atoms with E-state index in [-0.39, 0.29) is 5.56 Å². The highest BCUT2D eigenvalue weighted by molar-refractivity contribution is 7.13. The number of hydrogen-bond donors (Lipinski definition) is 1. The number of carbonyl (C=O) groups is 1. The van der Waals surface area contributed by atoms with E-state index in [1.54, 1.807) is 23.5 Å². The van der Waals surface area contributed by atoms with Crippen molar-refractivity contribution in [3.63, 3.8) is 0 Å². The second-order valence-corrected chi connectivity index (χ2v) is 4.72. The number of carboxylic acid groups (broad SMARTS) is 1. The van der Waals surface area contributed by atoms with E-state index in [4.69, 9.17) is 0 Å². The number of nitrogens with zero attached hydrogens (tertiary/aromatic N) is 4. The number of thiophene rings is 1. The van der Waals surface area contributed by atoms with Crippen molar-refractivity contribution in [1.82, 2.24) is 20.2 Å². The molecule has 0 amide bonds. The summed E-state index contributed by atoms with van der Waals surface area (Å²) < 4.78 is 1.33. The highest BCUT2D eigenvalue weighted by Crippen LogP contribution is 2.27. The number of benzene rings is 1. The SMILES string of the molecule is O=C(O)c1cc(-c2cccs2)ccc1-n1cnnn1. The molecule has 7 heteroatoms. The Morgan fingerprint density at radius 3 is 2.84 bits per heavy atom. The van der Waals surface area contributed by atoms with Crippen LogP contribution in [0.25, 0.3) is 16.1 Å². The molecule has 0 saturated carbocycles. The third-order valence-corrected chi connectivity index (χ3v) is 3.55. The summed E-state index contributed by atoms with van der Waals surface area (Å²) in [6, 6.07) is 9.06. The molecule has 0 radical (unpaired) electrons. The summed E-state index contributed by atoms with van der Waals surface area (Å²) in [5.41, 5.74) is 1.47. The molecule has 1 aromatic carbocycles. The Morgan fingerprint density at radius 2 is 2.21 bits per heavy atom. The molecule has 0 aliphatic heterocycles. The van der Waals surface area contributed by atoms with Crippen LogP contribution < -0.4 is 0 Å². The third kappa shape index (κ3) is 2.11. The molecular formula is C12H8N4O2S. The molecule has 0 aliphatic rings. The molecular weight excluding hydrogens is 264 g/mol. The highest BCUT2D eigenvalue weighted by Gasteiger charge is 2.14. The Hall–Kier alpha value is -2.54. The van der Waals surface area contributed by atoms with Crippen molar-refractivity contribution in [3.05, 3.63) is 47.6 Å². The maximum Gasteiger partial charge on any atom is 0.337 e. The first-order valence-corrected chi connectivity index (χ1v) is 6.28. The fourth-order valence-electron chi connectivity index (χ4n) is 1.77. The largest absolute Gasteiger partial charge is 0.478 e. The maximum absolute atomic E-state index is 11.4. The van der Waals surface area contributed by atoms with Gasteiger partial charge in [0.1, 0.15) is 6.33 Å². The summed E-state index contributed by atoms with van der Waals surface area (Å²) in [6.45, 7) is 0. The van der Waals surface area contributed by atoms with Gasteiger partial charge in [-0.2, -0.15) is 4.68 Å². The van der Waals surface area contributed by atoms with Gasteiger partial charge in [-0.3, -0.25) is 0 Å². The van der Waals surface area contributed by atoms with Crippen LogP contribution in [0.15, 0.2) is 42.0 Å². The van der Waals surface area contributed by atoms with Gasteiger partial charge >= 0.3 is 5.97 Å². The lowest BCUT2D eigenvalue weighted by molar-refractivity contribution is 0.0697. The van der Waals surface area contributed by atoms with Crippen molar-refractivity contribution in [2.75, 3.05) is 0 Å². The number of aromatic carboxylic acids is 1. The van der Waals surface area contributed by atoms with Gasteiger partial charge < -0.3 is 5.11 Å². The smallest absolute Gasteiger partial charge is 0.337 e. The van der Waals surface area contributed by atoms with Crippen LogP contribution in [0.4, 0.5) is 0 Å². The highest BCUT2D eigenvalue weighted by atomic mass is 32.1. The number of rotatable bonds is 3. The van der Waals surface area contributed by atoms with E-state index >= 15 is 0 Å². The molecule has 0 atom stereocenters. The van der Waals surface area contributed by atoms with Gasteiger partial charge in [0.2, 0.25) is 0 Å². The molecule has 0 aliphatic carbocycles. The van der Waals surface area contributed by atoms with Crippen molar-refractivity contribution in [2.45, 2.75) is 0 Å². The predicted molar refractivity (Wildman–Crippen MR) is 69.4 cm³/mol. The normalized spacial score (nSPS) is 10.5. The lowest BCUT2D eigenvalue weighted by atomic mass is 10.1. The van der Waals surface area contributed by atoms with Crippen molar-refractivity contribution in [3.8, 4) is 16.1 Å². The molecule has 94 valence electrons. The fraction of sp³-hybridized carbons (Fsp3) is 0. The molecule has 0 spiro atoms. The van der Waals surface area contributed by atoms with E-state index in [1.807, 2.05) is 23.6 Å². The van der Waals surface area contributed by atoms with Crippen LogP contribution in [-0.4, -0.2) is 31.3 Å². The second kappa shape index (κ2) is 4.62. The van der Waals surface area contributed by atoms with Crippen LogP contribution in [0, 0.1) is 0 Å². The molecule has 0 fully saturated rings. The van der Waals surface area contributed by atoms with E-state index in [9.17, 15) is 9.90 Å². The fourth-order valence-corrected chi connectivity index (χ4v) is 2.50. The molecule has 2 aromatic heterocycles. The minimum Gasteiger partial charge on any atom is -0.478 e. The summed E-state index contributed by atoms with van der Waals surface area (Å²) in [5.74, 6) is -1.01. The van der Waals surface area contributed by atoms with Gasteiger partial charge in [-0.15, -0.1) is 16.4 Å². The summed E-state index contributed by atoms with van der Waals surface area (Å²) in [4.78, 5) is 12.4. The van der Waals surface area contributed by atoms with Crippen LogP contribution in [0.1, 0.15) is 10.4 Å². The predicted octanol–water partition coefficient (Wildman–Crippen LogP) is 2.09. The van der Waals surface area contributed by atoms with Gasteiger partial charge in [0.15, 0.2) is 0 Å². The molecule has 3 aromatic rings. The summed E-state index contributed by atoms with van der Waals surface area (Å²) in [7, 11) is 0. The van der Waals surface area contributed by atoms with Gasteiger partial charge in [0.25, 0.3) is 0 Å². The molecule has 3 rings (SSSR count). The van der Waals surface area contributed by atoms with E-state index in [0.29, 0.717) is 5.69 Å². The number of tetrazole rings is 1. The molecule has 0 saturated heterocycles. The van der Waals surface area contributed by atoms with E-state index in [1.165, 1.54) is 11.0 Å². The van der Waals surface area contributed by atoms with Crippen LogP contribution in [0.3, 0.4) is 0 Å². The minimum atomic E-state index is -1.01. The van der Waals surface area contributed by atoms with Crippen molar-refractivity contribution < 1.29 is 9.90 Å². The van der Waals surface area contributed by atoms with Gasteiger partial charge in [-0.05, 0) is 39.6 Å². The van der Waals surface area contributed by atoms with Gasteiger partial charge in [-0.1, -0.05) is 12.1 Å². The zero-order valence-electron chi connectivity index (χ0n) is 9.59.